The first-order chi connectivity index (χ1) is 13.8. The molecule has 0 aromatic rings. The highest BCUT2D eigenvalue weighted by molar-refractivity contribution is 7.48. The van der Waals surface area contributed by atoms with Gasteiger partial charge in [-0.25, -0.2) is 9.36 Å². The lowest BCUT2D eigenvalue weighted by molar-refractivity contribution is -0.139. The average molecular weight is 435 g/mol. The van der Waals surface area contributed by atoms with Crippen molar-refractivity contribution in [3.63, 3.8) is 0 Å². The minimum atomic E-state index is -3.72. The molecular weight excluding hydrogens is 391 g/mol. The van der Waals surface area contributed by atoms with Crippen LogP contribution in [0.4, 0.5) is 0 Å². The molecule has 0 radical (unpaired) electrons. The summed E-state index contributed by atoms with van der Waals surface area (Å²) in [5.41, 5.74) is 0.309. The van der Waals surface area contributed by atoms with Gasteiger partial charge in [-0.1, -0.05) is 72.8 Å². The van der Waals surface area contributed by atoms with E-state index in [4.69, 9.17) is 18.3 Å². The molecule has 0 saturated carbocycles. The maximum Gasteiger partial charge on any atom is 0.474 e. The molecule has 0 aliphatic heterocycles. The lowest BCUT2D eigenvalue weighted by Gasteiger charge is -2.23. The lowest BCUT2D eigenvalue weighted by atomic mass is 10.0. The minimum absolute atomic E-state index is 0.0253. The smallest absolute Gasteiger partial charge is 0.460 e. The van der Waals surface area contributed by atoms with Crippen LogP contribution in [-0.4, -0.2) is 32.4 Å². The van der Waals surface area contributed by atoms with Gasteiger partial charge in [-0.3, -0.25) is 13.6 Å². The van der Waals surface area contributed by atoms with Crippen molar-refractivity contribution in [2.45, 2.75) is 86.0 Å². The van der Waals surface area contributed by atoms with Gasteiger partial charge in [0, 0.05) is 5.57 Å². The normalized spacial score (nSPS) is 15.5. The monoisotopic (exact) mass is 434 g/mol. The van der Waals surface area contributed by atoms with E-state index in [1.165, 1.54) is 0 Å². The second-order valence-corrected chi connectivity index (χ2v) is 9.29. The molecule has 0 amide bonds. The number of carbonyl (C=O) groups excluding carboxylic acids is 1. The fourth-order valence-corrected chi connectivity index (χ4v) is 4.02. The van der Waals surface area contributed by atoms with Gasteiger partial charge in [-0.15, -0.1) is 0 Å². The quantitative estimate of drug-likeness (QED) is 0.0975. The molecule has 7 heteroatoms. The van der Waals surface area contributed by atoms with Gasteiger partial charge in [0.1, 0.15) is 6.61 Å². The summed E-state index contributed by atoms with van der Waals surface area (Å²) >= 11 is 0. The highest BCUT2D eigenvalue weighted by Crippen LogP contribution is 2.50. The Hall–Kier alpha value is -0.680. The maximum absolute atomic E-state index is 13.2. The van der Waals surface area contributed by atoms with E-state index in [1.54, 1.807) is 6.92 Å². The van der Waals surface area contributed by atoms with Crippen molar-refractivity contribution in [3.05, 3.63) is 12.2 Å². The van der Waals surface area contributed by atoms with Crippen LogP contribution in [0.5, 0.6) is 0 Å². The van der Waals surface area contributed by atoms with Gasteiger partial charge in [-0.05, 0) is 31.6 Å². The zero-order valence-electron chi connectivity index (χ0n) is 19.2. The Morgan fingerprint density at radius 2 is 1.34 bits per heavy atom. The van der Waals surface area contributed by atoms with Crippen molar-refractivity contribution in [2.75, 3.05) is 26.4 Å². The molecule has 6 nitrogen and oxygen atoms in total. The van der Waals surface area contributed by atoms with Crippen molar-refractivity contribution in [2.24, 2.45) is 11.8 Å². The van der Waals surface area contributed by atoms with Crippen LogP contribution in [0.2, 0.25) is 0 Å². The van der Waals surface area contributed by atoms with Gasteiger partial charge in [0.25, 0.3) is 0 Å². The number of esters is 1. The van der Waals surface area contributed by atoms with E-state index in [-0.39, 0.29) is 13.2 Å². The number of rotatable bonds is 19. The molecule has 2 atom stereocenters. The second-order valence-electron chi connectivity index (χ2n) is 7.62. The molecule has 0 aliphatic carbocycles. The Labute approximate surface area is 178 Å². The van der Waals surface area contributed by atoms with Gasteiger partial charge in [0.2, 0.25) is 0 Å². The van der Waals surface area contributed by atoms with Gasteiger partial charge in [0.15, 0.2) is 0 Å². The Morgan fingerprint density at radius 1 is 0.862 bits per heavy atom. The van der Waals surface area contributed by atoms with Crippen molar-refractivity contribution in [1.82, 2.24) is 0 Å². The van der Waals surface area contributed by atoms with Crippen LogP contribution >= 0.6 is 7.82 Å². The minimum Gasteiger partial charge on any atom is -0.460 e. The molecule has 0 spiro atoms. The fourth-order valence-electron chi connectivity index (χ4n) is 2.71. The Kier molecular flexibility index (Phi) is 16.6. The molecule has 0 heterocycles. The third-order valence-corrected chi connectivity index (χ3v) is 6.37. The van der Waals surface area contributed by atoms with Gasteiger partial charge >= 0.3 is 13.8 Å². The second kappa shape index (κ2) is 17.0. The van der Waals surface area contributed by atoms with Crippen molar-refractivity contribution in [3.8, 4) is 0 Å². The Bertz CT molecular complexity index is 470. The summed E-state index contributed by atoms with van der Waals surface area (Å²) in [6.45, 7) is 14.2. The predicted molar refractivity (Wildman–Crippen MR) is 118 cm³/mol. The zero-order valence-corrected chi connectivity index (χ0v) is 20.1. The van der Waals surface area contributed by atoms with E-state index in [2.05, 4.69) is 34.3 Å². The topological polar surface area (TPSA) is 71.1 Å². The third-order valence-electron chi connectivity index (χ3n) is 4.94. The predicted octanol–water partition coefficient (Wildman–Crippen LogP) is 6.70. The summed E-state index contributed by atoms with van der Waals surface area (Å²) < 4.78 is 35.0. The van der Waals surface area contributed by atoms with Gasteiger partial charge in [0.05, 0.1) is 19.8 Å². The summed E-state index contributed by atoms with van der Waals surface area (Å²) in [4.78, 5) is 11.5. The molecule has 172 valence electrons. The average Bonchev–Trinajstić information content (AvgIpc) is 2.71. The first-order valence-corrected chi connectivity index (χ1v) is 12.6. The van der Waals surface area contributed by atoms with E-state index in [0.717, 1.165) is 51.4 Å². The highest BCUT2D eigenvalue weighted by atomic mass is 31.2. The zero-order chi connectivity index (χ0) is 22.1. The fraction of sp³-hybridized carbons (Fsp3) is 0.864. The molecule has 0 N–H and O–H groups in total. The number of hydrogen-bond donors (Lipinski definition) is 0. The third kappa shape index (κ3) is 14.0. The summed E-state index contributed by atoms with van der Waals surface area (Å²) in [6.07, 6.45) is 8.40. The van der Waals surface area contributed by atoms with Crippen LogP contribution in [0.1, 0.15) is 86.0 Å². The number of phosphoric acid groups is 1. The Morgan fingerprint density at radius 3 is 1.72 bits per heavy atom. The van der Waals surface area contributed by atoms with Crippen molar-refractivity contribution < 1.29 is 27.7 Å². The Balaban J connectivity index is 4.79. The molecule has 0 bridgehead atoms. The van der Waals surface area contributed by atoms with E-state index in [0.29, 0.717) is 30.6 Å². The molecule has 0 aromatic heterocycles. The highest BCUT2D eigenvalue weighted by Gasteiger charge is 2.29. The van der Waals surface area contributed by atoms with Gasteiger partial charge in [-0.2, -0.15) is 0 Å². The van der Waals surface area contributed by atoms with Gasteiger partial charge < -0.3 is 4.74 Å². The number of carbonyl (C=O) groups is 1. The van der Waals surface area contributed by atoms with E-state index >= 15 is 0 Å². The molecule has 0 aromatic carbocycles. The molecule has 0 aliphatic rings. The van der Waals surface area contributed by atoms with Crippen LogP contribution in [0.15, 0.2) is 12.2 Å². The van der Waals surface area contributed by atoms with Crippen LogP contribution in [0.25, 0.3) is 0 Å². The largest absolute Gasteiger partial charge is 0.474 e. The van der Waals surface area contributed by atoms with Crippen molar-refractivity contribution >= 4 is 13.8 Å². The molecule has 0 fully saturated rings. The summed E-state index contributed by atoms with van der Waals surface area (Å²) in [5, 5.41) is 0. The molecule has 0 rings (SSSR count). The number of ether oxygens (including phenoxy) is 1. The number of hydrogen-bond acceptors (Lipinski definition) is 6. The first-order valence-electron chi connectivity index (χ1n) is 11.2. The van der Waals surface area contributed by atoms with Crippen LogP contribution < -0.4 is 0 Å². The lowest BCUT2D eigenvalue weighted by Crippen LogP contribution is -2.15. The molecular formula is C22H43O6P. The molecule has 0 saturated heterocycles. The van der Waals surface area contributed by atoms with E-state index < -0.39 is 13.8 Å². The van der Waals surface area contributed by atoms with Crippen LogP contribution in [0.3, 0.4) is 0 Å². The maximum atomic E-state index is 13.2. The van der Waals surface area contributed by atoms with Crippen molar-refractivity contribution in [1.29, 1.82) is 0 Å². The number of unbranched alkanes of at least 4 members (excludes halogenated alkanes) is 2. The summed E-state index contributed by atoms with van der Waals surface area (Å²) in [5.74, 6) is 0.138. The molecule has 29 heavy (non-hydrogen) atoms. The van der Waals surface area contributed by atoms with E-state index in [1.807, 2.05) is 0 Å². The summed E-state index contributed by atoms with van der Waals surface area (Å²) in [7, 11) is -3.72. The standard InChI is InChI=1S/C22H43O6P/c1-7-11-13-20(9-3)17-27-29(24,26-16-15-25-22(23)19(5)6)28-18-21(10-4)14-12-8-2/h20-21H,5,7-18H2,1-4,6H3. The SMILES string of the molecule is C=C(C)C(=O)OCCOP(=O)(OCC(CC)CCCC)OCC(CC)CCCC. The summed E-state index contributed by atoms with van der Waals surface area (Å²) in [6, 6.07) is 0. The number of phosphoric ester groups is 1. The van der Waals surface area contributed by atoms with Crippen LogP contribution in [-0.2, 0) is 27.7 Å². The first kappa shape index (κ1) is 28.3. The molecule has 2 unspecified atom stereocenters. The van der Waals surface area contributed by atoms with E-state index in [9.17, 15) is 9.36 Å². The van der Waals surface area contributed by atoms with Crippen LogP contribution in [0, 0.1) is 11.8 Å².